The van der Waals surface area contributed by atoms with Crippen LogP contribution in [0.1, 0.15) is 31.2 Å². The van der Waals surface area contributed by atoms with Gasteiger partial charge in [-0.25, -0.2) is 0 Å². The quantitative estimate of drug-likeness (QED) is 0.736. The molecule has 1 fully saturated rings. The molecule has 0 radical (unpaired) electrons. The number of hydrogen-bond donors (Lipinski definition) is 1. The molecule has 0 spiro atoms. The highest BCUT2D eigenvalue weighted by Gasteiger charge is 2.25. The zero-order valence-electron chi connectivity index (χ0n) is 12.3. The molecule has 0 bridgehead atoms. The molecule has 0 saturated heterocycles. The summed E-state index contributed by atoms with van der Waals surface area (Å²) >= 11 is 3.51. The summed E-state index contributed by atoms with van der Waals surface area (Å²) in [6.07, 6.45) is 10.5. The van der Waals surface area contributed by atoms with Crippen LogP contribution in [0.15, 0.2) is 22.9 Å². The van der Waals surface area contributed by atoms with Gasteiger partial charge in [0, 0.05) is 30.5 Å². The average molecular weight is 341 g/mol. The molecular weight excluding hydrogens is 316 g/mol. The van der Waals surface area contributed by atoms with E-state index in [0.717, 1.165) is 36.5 Å². The van der Waals surface area contributed by atoms with Crippen LogP contribution in [0.3, 0.4) is 0 Å². The lowest BCUT2D eigenvalue weighted by molar-refractivity contribution is 0.195. The van der Waals surface area contributed by atoms with Crippen molar-refractivity contribution in [2.75, 3.05) is 26.8 Å². The highest BCUT2D eigenvalue weighted by molar-refractivity contribution is 9.10. The number of nitrogens with one attached hydrogen (secondary N) is 1. The molecule has 112 valence electrons. The summed E-state index contributed by atoms with van der Waals surface area (Å²) in [5.74, 6) is 1.58. The fourth-order valence-corrected chi connectivity index (χ4v) is 3.58. The third-order valence-electron chi connectivity index (χ3n) is 4.22. The van der Waals surface area contributed by atoms with Crippen molar-refractivity contribution in [1.29, 1.82) is 0 Å². The van der Waals surface area contributed by atoms with Gasteiger partial charge in [0.1, 0.15) is 0 Å². The van der Waals surface area contributed by atoms with E-state index in [1.54, 1.807) is 7.11 Å². The summed E-state index contributed by atoms with van der Waals surface area (Å²) in [4.78, 5) is 4.29. The van der Waals surface area contributed by atoms with Crippen molar-refractivity contribution in [2.45, 2.75) is 32.1 Å². The van der Waals surface area contributed by atoms with Crippen molar-refractivity contribution in [3.8, 4) is 0 Å². The first-order chi connectivity index (χ1) is 9.79. The minimum Gasteiger partial charge on any atom is -0.383 e. The Balaban J connectivity index is 1.91. The number of ether oxygens (including phenoxy) is 1. The second-order valence-electron chi connectivity index (χ2n) is 5.72. The van der Waals surface area contributed by atoms with Crippen LogP contribution >= 0.6 is 15.9 Å². The molecule has 0 aliphatic heterocycles. The van der Waals surface area contributed by atoms with Crippen LogP contribution in [-0.2, 0) is 11.2 Å². The standard InChI is InChI=1S/C16H25BrN2O/c1-20-7-6-18-11-15(14-4-2-3-5-14)8-13-9-16(17)12-19-10-13/h9-10,12,14-15,18H,2-8,11H2,1H3. The van der Waals surface area contributed by atoms with Gasteiger partial charge in [0.2, 0.25) is 0 Å². The molecule has 1 heterocycles. The maximum atomic E-state index is 5.10. The van der Waals surface area contributed by atoms with Crippen molar-refractivity contribution in [3.63, 3.8) is 0 Å². The lowest BCUT2D eigenvalue weighted by Crippen LogP contribution is -2.31. The maximum absolute atomic E-state index is 5.10. The molecule has 1 N–H and O–H groups in total. The van der Waals surface area contributed by atoms with Gasteiger partial charge >= 0.3 is 0 Å². The minimum absolute atomic E-state index is 0.713. The number of halogens is 1. The number of hydrogen-bond acceptors (Lipinski definition) is 3. The first-order valence-electron chi connectivity index (χ1n) is 7.58. The van der Waals surface area contributed by atoms with Gasteiger partial charge in [-0.1, -0.05) is 25.7 Å². The van der Waals surface area contributed by atoms with Crippen LogP contribution in [0.4, 0.5) is 0 Å². The average Bonchev–Trinajstić information content (AvgIpc) is 2.96. The van der Waals surface area contributed by atoms with Crippen molar-refractivity contribution in [1.82, 2.24) is 10.3 Å². The van der Waals surface area contributed by atoms with Crippen LogP contribution in [0, 0.1) is 11.8 Å². The summed E-state index contributed by atoms with van der Waals surface area (Å²) in [5, 5.41) is 3.54. The highest BCUT2D eigenvalue weighted by Crippen LogP contribution is 2.33. The number of pyridine rings is 1. The first-order valence-corrected chi connectivity index (χ1v) is 8.38. The van der Waals surface area contributed by atoms with Gasteiger partial charge in [0.25, 0.3) is 0 Å². The zero-order valence-corrected chi connectivity index (χ0v) is 13.9. The predicted molar refractivity (Wildman–Crippen MR) is 85.8 cm³/mol. The van der Waals surface area contributed by atoms with Crippen LogP contribution in [0.5, 0.6) is 0 Å². The van der Waals surface area contributed by atoms with Gasteiger partial charge in [0.05, 0.1) is 6.61 Å². The Morgan fingerprint density at radius 2 is 2.20 bits per heavy atom. The van der Waals surface area contributed by atoms with Crippen LogP contribution in [0.25, 0.3) is 0 Å². The Kier molecular flexibility index (Phi) is 6.97. The Bertz CT molecular complexity index is 394. The van der Waals surface area contributed by atoms with E-state index in [0.29, 0.717) is 5.92 Å². The van der Waals surface area contributed by atoms with Crippen molar-refractivity contribution >= 4 is 15.9 Å². The molecule has 4 heteroatoms. The first kappa shape index (κ1) is 15.9. The molecule has 0 aromatic carbocycles. The largest absolute Gasteiger partial charge is 0.383 e. The molecule has 1 unspecified atom stereocenters. The van der Waals surface area contributed by atoms with Crippen LogP contribution in [0.2, 0.25) is 0 Å². The zero-order chi connectivity index (χ0) is 14.2. The third-order valence-corrected chi connectivity index (χ3v) is 4.65. The highest BCUT2D eigenvalue weighted by atomic mass is 79.9. The lowest BCUT2D eigenvalue weighted by Gasteiger charge is -2.24. The van der Waals surface area contributed by atoms with Gasteiger partial charge in [0.15, 0.2) is 0 Å². The fourth-order valence-electron chi connectivity index (χ4n) is 3.17. The maximum Gasteiger partial charge on any atom is 0.0587 e. The molecule has 1 aromatic rings. The Labute approximate surface area is 130 Å². The van der Waals surface area contributed by atoms with E-state index < -0.39 is 0 Å². The van der Waals surface area contributed by atoms with Gasteiger partial charge in [-0.2, -0.15) is 0 Å². The monoisotopic (exact) mass is 340 g/mol. The second-order valence-corrected chi connectivity index (χ2v) is 6.63. The lowest BCUT2D eigenvalue weighted by atomic mass is 9.86. The van der Waals surface area contributed by atoms with Crippen LogP contribution in [-0.4, -0.2) is 31.8 Å². The topological polar surface area (TPSA) is 34.1 Å². The van der Waals surface area contributed by atoms with Gasteiger partial charge in [-0.05, 0) is 52.4 Å². The van der Waals surface area contributed by atoms with Crippen LogP contribution < -0.4 is 5.32 Å². The predicted octanol–water partition coefficient (Wildman–Crippen LogP) is 3.43. The molecule has 1 saturated carbocycles. The Hall–Kier alpha value is -0.450. The SMILES string of the molecule is COCCNCC(Cc1cncc(Br)c1)C1CCCC1. The molecule has 3 nitrogen and oxygen atoms in total. The summed E-state index contributed by atoms with van der Waals surface area (Å²) in [7, 11) is 1.75. The van der Waals surface area contributed by atoms with E-state index in [2.05, 4.69) is 32.3 Å². The molecule has 1 aromatic heterocycles. The van der Waals surface area contributed by atoms with E-state index in [1.807, 2.05) is 12.4 Å². The molecule has 20 heavy (non-hydrogen) atoms. The third kappa shape index (κ3) is 5.15. The minimum atomic E-state index is 0.713. The number of methoxy groups -OCH3 is 1. The summed E-state index contributed by atoms with van der Waals surface area (Å²) in [6.45, 7) is 2.81. The molecule has 1 aliphatic carbocycles. The summed E-state index contributed by atoms with van der Waals surface area (Å²) < 4.78 is 6.18. The Morgan fingerprint density at radius 1 is 1.40 bits per heavy atom. The van der Waals surface area contributed by atoms with E-state index in [4.69, 9.17) is 4.74 Å². The van der Waals surface area contributed by atoms with Gasteiger partial charge in [-0.15, -0.1) is 0 Å². The van der Waals surface area contributed by atoms with E-state index in [1.165, 1.54) is 31.2 Å². The smallest absolute Gasteiger partial charge is 0.0587 e. The molecule has 0 amide bonds. The molecule has 2 rings (SSSR count). The molecule has 1 aliphatic rings. The number of aromatic nitrogens is 1. The summed E-state index contributed by atoms with van der Waals surface area (Å²) in [6, 6.07) is 2.20. The van der Waals surface area contributed by atoms with Crippen molar-refractivity contribution in [3.05, 3.63) is 28.5 Å². The fraction of sp³-hybridized carbons (Fsp3) is 0.688. The molecule has 1 atom stereocenters. The van der Waals surface area contributed by atoms with E-state index in [9.17, 15) is 0 Å². The van der Waals surface area contributed by atoms with Crippen molar-refractivity contribution in [2.24, 2.45) is 11.8 Å². The number of nitrogens with zero attached hydrogens (tertiary/aromatic N) is 1. The summed E-state index contributed by atoms with van der Waals surface area (Å²) in [5.41, 5.74) is 1.34. The van der Waals surface area contributed by atoms with E-state index in [-0.39, 0.29) is 0 Å². The molecular formula is C16H25BrN2O. The van der Waals surface area contributed by atoms with Crippen molar-refractivity contribution < 1.29 is 4.74 Å². The Morgan fingerprint density at radius 3 is 2.90 bits per heavy atom. The van der Waals surface area contributed by atoms with Gasteiger partial charge < -0.3 is 10.1 Å². The normalized spacial score (nSPS) is 17.5. The van der Waals surface area contributed by atoms with Gasteiger partial charge in [-0.3, -0.25) is 4.98 Å². The van der Waals surface area contributed by atoms with E-state index >= 15 is 0 Å². The number of rotatable bonds is 8. The second kappa shape index (κ2) is 8.75.